The van der Waals surface area contributed by atoms with Crippen LogP contribution in [0.25, 0.3) is 5.65 Å². The fourth-order valence-electron chi connectivity index (χ4n) is 3.52. The Hall–Kier alpha value is -3.06. The van der Waals surface area contributed by atoms with Crippen LogP contribution in [0.15, 0.2) is 54.9 Å². The van der Waals surface area contributed by atoms with Gasteiger partial charge in [-0.15, -0.1) is 0 Å². The molecule has 1 aliphatic heterocycles. The first-order valence-corrected chi connectivity index (χ1v) is 10.0. The molecule has 152 valence electrons. The van der Waals surface area contributed by atoms with E-state index in [1.807, 2.05) is 64.9 Å². The number of aromatic nitrogens is 2. The van der Waals surface area contributed by atoms with Gasteiger partial charge in [0.2, 0.25) is 0 Å². The number of fused-ring (bicyclic) bond motifs is 1. The van der Waals surface area contributed by atoms with Gasteiger partial charge in [-0.2, -0.15) is 0 Å². The van der Waals surface area contributed by atoms with E-state index >= 15 is 0 Å². The summed E-state index contributed by atoms with van der Waals surface area (Å²) in [6.07, 6.45) is 4.07. The van der Waals surface area contributed by atoms with Crippen LogP contribution in [0.5, 0.6) is 11.5 Å². The average molecular weight is 394 g/mol. The number of benzene rings is 1. The monoisotopic (exact) mass is 394 g/mol. The molecule has 29 heavy (non-hydrogen) atoms. The quantitative estimate of drug-likeness (QED) is 0.616. The third-order valence-electron chi connectivity index (χ3n) is 5.02. The summed E-state index contributed by atoms with van der Waals surface area (Å²) < 4.78 is 13.3. The van der Waals surface area contributed by atoms with Crippen LogP contribution in [0.3, 0.4) is 0 Å². The molecule has 1 fully saturated rings. The van der Waals surface area contributed by atoms with E-state index < -0.39 is 0 Å². The molecule has 1 amide bonds. The molecule has 0 saturated carbocycles. The molecule has 1 aromatic carbocycles. The number of piperazine rings is 1. The van der Waals surface area contributed by atoms with Crippen LogP contribution >= 0.6 is 0 Å². The van der Waals surface area contributed by atoms with Gasteiger partial charge in [0.05, 0.1) is 12.3 Å². The van der Waals surface area contributed by atoms with E-state index in [2.05, 4.69) is 16.1 Å². The second kappa shape index (κ2) is 8.96. The summed E-state index contributed by atoms with van der Waals surface area (Å²) in [5, 5.41) is 0. The molecule has 7 nitrogen and oxygen atoms in total. The van der Waals surface area contributed by atoms with E-state index in [0.29, 0.717) is 31.2 Å². The van der Waals surface area contributed by atoms with Gasteiger partial charge in [0, 0.05) is 45.1 Å². The van der Waals surface area contributed by atoms with Gasteiger partial charge < -0.3 is 18.8 Å². The van der Waals surface area contributed by atoms with E-state index in [-0.39, 0.29) is 12.5 Å². The molecule has 0 spiro atoms. The summed E-state index contributed by atoms with van der Waals surface area (Å²) in [5.41, 5.74) is 2.01. The summed E-state index contributed by atoms with van der Waals surface area (Å²) in [5.74, 6) is 1.27. The van der Waals surface area contributed by atoms with Crippen LogP contribution in [0, 0.1) is 0 Å². The maximum absolute atomic E-state index is 12.5. The Labute approximate surface area is 170 Å². The third-order valence-corrected chi connectivity index (χ3v) is 5.02. The van der Waals surface area contributed by atoms with E-state index in [0.717, 1.165) is 31.0 Å². The van der Waals surface area contributed by atoms with Gasteiger partial charge in [-0.25, -0.2) is 4.98 Å². The highest BCUT2D eigenvalue weighted by Gasteiger charge is 2.22. The van der Waals surface area contributed by atoms with Gasteiger partial charge >= 0.3 is 0 Å². The minimum atomic E-state index is 0.00341. The molecule has 3 heterocycles. The number of carbonyl (C=O) groups excluding carboxylic acids is 1. The van der Waals surface area contributed by atoms with Crippen LogP contribution in [0.4, 0.5) is 0 Å². The van der Waals surface area contributed by atoms with E-state index in [1.54, 1.807) is 0 Å². The number of hydrogen-bond donors (Lipinski definition) is 0. The van der Waals surface area contributed by atoms with Gasteiger partial charge in [-0.3, -0.25) is 9.69 Å². The zero-order valence-electron chi connectivity index (χ0n) is 16.7. The number of amides is 1. The first kappa shape index (κ1) is 19.3. The Kier molecular flexibility index (Phi) is 5.95. The van der Waals surface area contributed by atoms with E-state index in [4.69, 9.17) is 9.47 Å². The van der Waals surface area contributed by atoms with Crippen LogP contribution in [-0.2, 0) is 11.3 Å². The van der Waals surface area contributed by atoms with E-state index in [1.165, 1.54) is 0 Å². The largest absolute Gasteiger partial charge is 0.490 e. The summed E-state index contributed by atoms with van der Waals surface area (Å²) in [4.78, 5) is 21.4. The van der Waals surface area contributed by atoms with Crippen molar-refractivity contribution < 1.29 is 14.3 Å². The highest BCUT2D eigenvalue weighted by molar-refractivity contribution is 5.78. The molecule has 0 bridgehead atoms. The minimum Gasteiger partial charge on any atom is -0.490 e. The lowest BCUT2D eigenvalue weighted by Crippen LogP contribution is -2.49. The predicted molar refractivity (Wildman–Crippen MR) is 110 cm³/mol. The highest BCUT2D eigenvalue weighted by Crippen LogP contribution is 2.26. The lowest BCUT2D eigenvalue weighted by molar-refractivity contribution is -0.135. The fourth-order valence-corrected chi connectivity index (χ4v) is 3.52. The topological polar surface area (TPSA) is 59.3 Å². The number of pyridine rings is 1. The third kappa shape index (κ3) is 4.68. The highest BCUT2D eigenvalue weighted by atomic mass is 16.5. The molecule has 4 rings (SSSR count). The van der Waals surface area contributed by atoms with Crippen molar-refractivity contribution in [3.8, 4) is 11.5 Å². The van der Waals surface area contributed by atoms with Crippen molar-refractivity contribution in [1.29, 1.82) is 0 Å². The van der Waals surface area contributed by atoms with Gasteiger partial charge in [-0.1, -0.05) is 18.2 Å². The van der Waals surface area contributed by atoms with Crippen LogP contribution in [0.2, 0.25) is 0 Å². The first-order valence-electron chi connectivity index (χ1n) is 10.0. The molecule has 1 aliphatic rings. The number of carbonyl (C=O) groups is 1. The van der Waals surface area contributed by atoms with Crippen molar-refractivity contribution >= 4 is 11.6 Å². The summed E-state index contributed by atoms with van der Waals surface area (Å²) >= 11 is 0. The summed E-state index contributed by atoms with van der Waals surface area (Å²) in [6.45, 7) is 6.35. The second-order valence-electron chi connectivity index (χ2n) is 7.02. The van der Waals surface area contributed by atoms with Gasteiger partial charge in [0.25, 0.3) is 5.91 Å². The molecule has 0 N–H and O–H groups in total. The molecular weight excluding hydrogens is 368 g/mol. The molecule has 0 aliphatic carbocycles. The number of nitrogens with zero attached hydrogens (tertiary/aromatic N) is 4. The second-order valence-corrected chi connectivity index (χ2v) is 7.02. The number of hydrogen-bond acceptors (Lipinski definition) is 5. The lowest BCUT2D eigenvalue weighted by atomic mass is 10.3. The van der Waals surface area contributed by atoms with Crippen LogP contribution in [0.1, 0.15) is 12.6 Å². The number of rotatable bonds is 7. The first-order chi connectivity index (χ1) is 14.2. The predicted octanol–water partition coefficient (Wildman–Crippen LogP) is 2.46. The number of para-hydroxylation sites is 2. The van der Waals surface area contributed by atoms with Crippen molar-refractivity contribution in [2.24, 2.45) is 0 Å². The average Bonchev–Trinajstić information content (AvgIpc) is 3.16. The van der Waals surface area contributed by atoms with Crippen LogP contribution < -0.4 is 9.47 Å². The zero-order chi connectivity index (χ0) is 20.1. The normalized spacial score (nSPS) is 14.9. The van der Waals surface area contributed by atoms with Crippen molar-refractivity contribution in [3.63, 3.8) is 0 Å². The molecule has 3 aromatic rings. The molecular formula is C22H26N4O3. The van der Waals surface area contributed by atoms with Crippen LogP contribution in [-0.4, -0.2) is 64.5 Å². The lowest BCUT2D eigenvalue weighted by Gasteiger charge is -2.34. The summed E-state index contributed by atoms with van der Waals surface area (Å²) in [6, 6.07) is 13.4. The molecule has 0 atom stereocenters. The molecule has 0 unspecified atom stereocenters. The number of ether oxygens (including phenoxy) is 2. The Morgan fingerprint density at radius 2 is 1.72 bits per heavy atom. The Balaban J connectivity index is 1.26. The van der Waals surface area contributed by atoms with Crippen molar-refractivity contribution in [1.82, 2.24) is 19.2 Å². The maximum Gasteiger partial charge on any atom is 0.260 e. The van der Waals surface area contributed by atoms with E-state index in [9.17, 15) is 4.79 Å². The number of imidazole rings is 1. The Bertz CT molecular complexity index is 930. The van der Waals surface area contributed by atoms with Crippen molar-refractivity contribution in [3.05, 3.63) is 60.6 Å². The zero-order valence-corrected chi connectivity index (χ0v) is 16.7. The smallest absolute Gasteiger partial charge is 0.260 e. The van der Waals surface area contributed by atoms with Gasteiger partial charge in [-0.05, 0) is 31.2 Å². The fraction of sp³-hybridized carbons (Fsp3) is 0.364. The van der Waals surface area contributed by atoms with Crippen molar-refractivity contribution in [2.75, 3.05) is 39.4 Å². The molecule has 7 heteroatoms. The minimum absolute atomic E-state index is 0.00341. The standard InChI is InChI=1S/C22H26N4O3/c1-2-28-19-7-3-4-8-20(19)29-17-22(27)25-13-11-24(12-14-25)15-18-16-26-10-6-5-9-21(26)23-18/h3-10,16H,2,11-15,17H2,1H3. The summed E-state index contributed by atoms with van der Waals surface area (Å²) in [7, 11) is 0. The Morgan fingerprint density at radius 3 is 2.45 bits per heavy atom. The van der Waals surface area contributed by atoms with Gasteiger partial charge in [0.15, 0.2) is 18.1 Å². The maximum atomic E-state index is 12.5. The molecule has 0 radical (unpaired) electrons. The van der Waals surface area contributed by atoms with Crippen molar-refractivity contribution in [2.45, 2.75) is 13.5 Å². The molecule has 1 saturated heterocycles. The Morgan fingerprint density at radius 1 is 1.00 bits per heavy atom. The SMILES string of the molecule is CCOc1ccccc1OCC(=O)N1CCN(Cc2cn3ccccc3n2)CC1. The van der Waals surface area contributed by atoms with Gasteiger partial charge in [0.1, 0.15) is 5.65 Å². The molecule has 2 aromatic heterocycles.